The van der Waals surface area contributed by atoms with E-state index < -0.39 is 5.38 Å². The Hall–Kier alpha value is -0.790. The molecule has 0 aromatic rings. The van der Waals surface area contributed by atoms with Crippen LogP contribution in [0.4, 0.5) is 0 Å². The first-order valence-corrected chi connectivity index (χ1v) is 5.18. The molecule has 14 heavy (non-hydrogen) atoms. The molecule has 2 atom stereocenters. The van der Waals surface area contributed by atoms with Gasteiger partial charge in [-0.1, -0.05) is 6.92 Å². The maximum atomic E-state index is 11.4. The number of alkyl halides is 1. The molecule has 0 spiro atoms. The number of halogens is 1. The molecule has 1 saturated heterocycles. The summed E-state index contributed by atoms with van der Waals surface area (Å²) in [5.74, 6) is 0.0422. The maximum absolute atomic E-state index is 11.4. The van der Waals surface area contributed by atoms with Gasteiger partial charge in [0, 0.05) is 19.6 Å². The summed E-state index contributed by atoms with van der Waals surface area (Å²) < 4.78 is 0. The van der Waals surface area contributed by atoms with Gasteiger partial charge in [-0.15, -0.1) is 11.6 Å². The maximum Gasteiger partial charge on any atom is 0.237 e. The topological polar surface area (TPSA) is 56.1 Å². The minimum absolute atomic E-state index is 0.0422. The minimum Gasteiger partial charge on any atom is -0.353 e. The van der Waals surface area contributed by atoms with E-state index in [0.717, 1.165) is 13.0 Å². The van der Waals surface area contributed by atoms with Crippen LogP contribution < -0.4 is 5.32 Å². The van der Waals surface area contributed by atoms with E-state index in [1.54, 1.807) is 0 Å². The molecule has 1 heterocycles. The normalized spacial score (nSPS) is 25.2. The highest BCUT2D eigenvalue weighted by atomic mass is 35.5. The first-order valence-electron chi connectivity index (χ1n) is 4.74. The Morgan fingerprint density at radius 1 is 1.86 bits per heavy atom. The van der Waals surface area contributed by atoms with Gasteiger partial charge in [0.1, 0.15) is 5.38 Å². The van der Waals surface area contributed by atoms with E-state index >= 15 is 0 Å². The van der Waals surface area contributed by atoms with Crippen LogP contribution in [0.15, 0.2) is 0 Å². The molecule has 0 aliphatic carbocycles. The van der Waals surface area contributed by atoms with E-state index in [1.807, 2.05) is 17.9 Å². The molecular weight excluding hydrogens is 202 g/mol. The van der Waals surface area contributed by atoms with E-state index in [4.69, 9.17) is 16.9 Å². The summed E-state index contributed by atoms with van der Waals surface area (Å²) in [5.41, 5.74) is 0. The standard InChI is InChI=1S/C9H14ClN3O/c1-2-8-9(14)12-3-4-13(8)6-7(10)5-11/h7-8H,2-4,6H2,1H3,(H,12,14). The number of hydrogen-bond acceptors (Lipinski definition) is 3. The zero-order chi connectivity index (χ0) is 10.6. The zero-order valence-corrected chi connectivity index (χ0v) is 8.92. The molecule has 78 valence electrons. The fraction of sp³-hybridized carbons (Fsp3) is 0.778. The summed E-state index contributed by atoms with van der Waals surface area (Å²) in [6, 6.07) is 1.84. The van der Waals surface area contributed by atoms with Crippen LogP contribution in [0, 0.1) is 11.3 Å². The van der Waals surface area contributed by atoms with Crippen molar-refractivity contribution in [3.8, 4) is 6.07 Å². The Labute approximate surface area is 88.8 Å². The van der Waals surface area contributed by atoms with Crippen LogP contribution >= 0.6 is 11.6 Å². The Kier molecular flexibility index (Phi) is 4.18. The minimum atomic E-state index is -0.532. The van der Waals surface area contributed by atoms with Crippen LogP contribution in [0.5, 0.6) is 0 Å². The molecule has 1 N–H and O–H groups in total. The number of hydrogen-bond donors (Lipinski definition) is 1. The first kappa shape index (κ1) is 11.3. The summed E-state index contributed by atoms with van der Waals surface area (Å²) in [7, 11) is 0. The predicted octanol–water partition coefficient (Wildman–Crippen LogP) is 0.328. The molecule has 1 fully saturated rings. The monoisotopic (exact) mass is 215 g/mol. The molecule has 5 heteroatoms. The smallest absolute Gasteiger partial charge is 0.237 e. The third-order valence-electron chi connectivity index (χ3n) is 2.36. The summed E-state index contributed by atoms with van der Waals surface area (Å²) >= 11 is 5.73. The van der Waals surface area contributed by atoms with Crippen molar-refractivity contribution in [1.29, 1.82) is 5.26 Å². The van der Waals surface area contributed by atoms with Crippen LogP contribution in [-0.4, -0.2) is 41.9 Å². The summed E-state index contributed by atoms with van der Waals surface area (Å²) in [6.07, 6.45) is 0.751. The lowest BCUT2D eigenvalue weighted by Gasteiger charge is -2.34. The fourth-order valence-corrected chi connectivity index (χ4v) is 1.85. The Morgan fingerprint density at radius 3 is 3.14 bits per heavy atom. The van der Waals surface area contributed by atoms with Crippen molar-refractivity contribution in [3.63, 3.8) is 0 Å². The van der Waals surface area contributed by atoms with E-state index in [1.165, 1.54) is 0 Å². The predicted molar refractivity (Wildman–Crippen MR) is 53.9 cm³/mol. The van der Waals surface area contributed by atoms with Crippen molar-refractivity contribution in [2.75, 3.05) is 19.6 Å². The van der Waals surface area contributed by atoms with Crippen molar-refractivity contribution < 1.29 is 4.79 Å². The molecule has 0 aromatic carbocycles. The number of rotatable bonds is 3. The molecule has 4 nitrogen and oxygen atoms in total. The summed E-state index contributed by atoms with van der Waals surface area (Å²) in [4.78, 5) is 13.4. The van der Waals surface area contributed by atoms with E-state index in [0.29, 0.717) is 13.1 Å². The van der Waals surface area contributed by atoms with Gasteiger partial charge in [-0.05, 0) is 6.42 Å². The molecule has 1 rings (SSSR count). The van der Waals surface area contributed by atoms with Gasteiger partial charge in [-0.25, -0.2) is 0 Å². The highest BCUT2D eigenvalue weighted by molar-refractivity contribution is 6.22. The van der Waals surface area contributed by atoms with Gasteiger partial charge in [-0.2, -0.15) is 5.26 Å². The van der Waals surface area contributed by atoms with Crippen molar-refractivity contribution in [3.05, 3.63) is 0 Å². The molecule has 2 unspecified atom stereocenters. The first-order chi connectivity index (χ1) is 6.69. The molecule has 0 radical (unpaired) electrons. The van der Waals surface area contributed by atoms with Gasteiger partial charge in [0.2, 0.25) is 5.91 Å². The van der Waals surface area contributed by atoms with Gasteiger partial charge >= 0.3 is 0 Å². The second-order valence-electron chi connectivity index (χ2n) is 3.31. The fourth-order valence-electron chi connectivity index (χ4n) is 1.67. The molecular formula is C9H14ClN3O. The number of nitriles is 1. The van der Waals surface area contributed by atoms with Crippen molar-refractivity contribution in [2.24, 2.45) is 0 Å². The third kappa shape index (κ3) is 2.60. The van der Waals surface area contributed by atoms with Crippen molar-refractivity contribution in [2.45, 2.75) is 24.8 Å². The average molecular weight is 216 g/mol. The number of nitrogens with one attached hydrogen (secondary N) is 1. The van der Waals surface area contributed by atoms with Crippen LogP contribution in [0.25, 0.3) is 0 Å². The molecule has 0 saturated carbocycles. The third-order valence-corrected chi connectivity index (χ3v) is 2.60. The van der Waals surface area contributed by atoms with Gasteiger partial charge in [-0.3, -0.25) is 9.69 Å². The highest BCUT2D eigenvalue weighted by Crippen LogP contribution is 2.10. The Morgan fingerprint density at radius 2 is 2.57 bits per heavy atom. The Balaban J connectivity index is 2.57. The van der Waals surface area contributed by atoms with E-state index in [2.05, 4.69) is 5.32 Å². The molecule has 1 amide bonds. The number of piperazine rings is 1. The largest absolute Gasteiger partial charge is 0.353 e. The summed E-state index contributed by atoms with van der Waals surface area (Å²) in [5, 5.41) is 10.8. The number of nitrogens with zero attached hydrogens (tertiary/aromatic N) is 2. The van der Waals surface area contributed by atoms with Crippen LogP contribution in [0.2, 0.25) is 0 Å². The zero-order valence-electron chi connectivity index (χ0n) is 8.16. The van der Waals surface area contributed by atoms with Crippen molar-refractivity contribution in [1.82, 2.24) is 10.2 Å². The van der Waals surface area contributed by atoms with Crippen molar-refractivity contribution >= 4 is 17.5 Å². The number of amides is 1. The van der Waals surface area contributed by atoms with Gasteiger partial charge in [0.25, 0.3) is 0 Å². The second-order valence-corrected chi connectivity index (χ2v) is 3.83. The Bertz CT molecular complexity index is 251. The highest BCUT2D eigenvalue weighted by Gasteiger charge is 2.28. The summed E-state index contributed by atoms with van der Waals surface area (Å²) in [6.45, 7) is 3.83. The van der Waals surface area contributed by atoms with Crippen LogP contribution in [0.3, 0.4) is 0 Å². The quantitative estimate of drug-likeness (QED) is 0.691. The van der Waals surface area contributed by atoms with Gasteiger partial charge < -0.3 is 5.32 Å². The molecule has 0 aromatic heterocycles. The molecule has 1 aliphatic rings. The molecule has 0 bridgehead atoms. The average Bonchev–Trinajstić information content (AvgIpc) is 2.18. The lowest BCUT2D eigenvalue weighted by Crippen LogP contribution is -2.56. The van der Waals surface area contributed by atoms with Crippen LogP contribution in [-0.2, 0) is 4.79 Å². The van der Waals surface area contributed by atoms with Gasteiger partial charge in [0.15, 0.2) is 0 Å². The number of carbonyl (C=O) groups is 1. The lowest BCUT2D eigenvalue weighted by molar-refractivity contribution is -0.129. The second kappa shape index (κ2) is 5.18. The lowest BCUT2D eigenvalue weighted by atomic mass is 10.1. The van der Waals surface area contributed by atoms with Gasteiger partial charge in [0.05, 0.1) is 12.1 Å². The molecule has 1 aliphatic heterocycles. The van der Waals surface area contributed by atoms with E-state index in [-0.39, 0.29) is 11.9 Å². The SMILES string of the molecule is CCC1C(=O)NCCN1CC(Cl)C#N. The van der Waals surface area contributed by atoms with E-state index in [9.17, 15) is 4.79 Å². The van der Waals surface area contributed by atoms with Crippen LogP contribution in [0.1, 0.15) is 13.3 Å². The number of carbonyl (C=O) groups excluding carboxylic acids is 1.